The van der Waals surface area contributed by atoms with E-state index in [0.717, 1.165) is 0 Å². The lowest BCUT2D eigenvalue weighted by atomic mass is 10.1. The highest BCUT2D eigenvalue weighted by Gasteiger charge is 2.18. The van der Waals surface area contributed by atoms with Crippen LogP contribution in [0.3, 0.4) is 0 Å². The summed E-state index contributed by atoms with van der Waals surface area (Å²) in [6.07, 6.45) is 0. The Kier molecular flexibility index (Phi) is 4.75. The summed E-state index contributed by atoms with van der Waals surface area (Å²) in [5.74, 6) is -0.288. The van der Waals surface area contributed by atoms with E-state index in [1.54, 1.807) is 44.3 Å². The van der Waals surface area contributed by atoms with Gasteiger partial charge < -0.3 is 10.6 Å². The molecular weight excluding hydrogens is 293 g/mol. The molecule has 0 aliphatic heterocycles. The Bertz CT molecular complexity index is 663. The van der Waals surface area contributed by atoms with Crippen molar-refractivity contribution in [2.45, 2.75) is 13.0 Å². The van der Waals surface area contributed by atoms with Gasteiger partial charge in [0.1, 0.15) is 17.3 Å². The molecule has 0 bridgehead atoms. The third-order valence-electron chi connectivity index (χ3n) is 3.04. The van der Waals surface area contributed by atoms with Gasteiger partial charge in [0.05, 0.1) is 11.1 Å². The van der Waals surface area contributed by atoms with Crippen LogP contribution in [0.1, 0.15) is 29.0 Å². The number of nitrogens with one attached hydrogen (secondary N) is 2. The van der Waals surface area contributed by atoms with Gasteiger partial charge in [0.2, 0.25) is 0 Å². The lowest BCUT2D eigenvalue weighted by Gasteiger charge is -2.15. The average Bonchev–Trinajstić information content (AvgIpc) is 2.48. The van der Waals surface area contributed by atoms with E-state index in [1.165, 1.54) is 6.07 Å². The molecule has 0 aliphatic carbocycles. The highest BCUT2D eigenvalue weighted by molar-refractivity contribution is 6.33. The number of aromatic nitrogens is 1. The first-order valence-corrected chi connectivity index (χ1v) is 6.80. The predicted octanol–water partition coefficient (Wildman–Crippen LogP) is 3.41. The highest BCUT2D eigenvalue weighted by Crippen LogP contribution is 2.20. The van der Waals surface area contributed by atoms with Gasteiger partial charge in [-0.3, -0.25) is 4.79 Å². The Hall–Kier alpha value is -2.14. The number of carbonyl (C=O) groups excluding carboxylic acids is 1. The van der Waals surface area contributed by atoms with Gasteiger partial charge in [0.25, 0.3) is 5.91 Å². The molecule has 1 aromatic carbocycles. The smallest absolute Gasteiger partial charge is 0.271 e. The molecule has 0 fully saturated rings. The molecule has 2 N–H and O–H groups in total. The van der Waals surface area contributed by atoms with Crippen LogP contribution in [0.15, 0.2) is 36.4 Å². The van der Waals surface area contributed by atoms with E-state index in [4.69, 9.17) is 11.6 Å². The Balaban J connectivity index is 2.20. The molecule has 1 amide bonds. The van der Waals surface area contributed by atoms with Crippen molar-refractivity contribution in [3.05, 3.63) is 58.5 Å². The molecule has 0 saturated heterocycles. The van der Waals surface area contributed by atoms with Crippen LogP contribution in [-0.2, 0) is 0 Å². The largest absolute Gasteiger partial charge is 0.373 e. The third-order valence-corrected chi connectivity index (χ3v) is 3.34. The van der Waals surface area contributed by atoms with Gasteiger partial charge in [-0.15, -0.1) is 0 Å². The van der Waals surface area contributed by atoms with Crippen molar-refractivity contribution in [1.29, 1.82) is 0 Å². The number of anilines is 1. The van der Waals surface area contributed by atoms with E-state index in [9.17, 15) is 9.18 Å². The van der Waals surface area contributed by atoms with Crippen molar-refractivity contribution in [1.82, 2.24) is 10.3 Å². The van der Waals surface area contributed by atoms with Crippen LogP contribution in [0.4, 0.5) is 10.2 Å². The number of carbonyl (C=O) groups is 1. The molecule has 1 heterocycles. The zero-order valence-electron chi connectivity index (χ0n) is 11.7. The molecule has 0 radical (unpaired) electrons. The fraction of sp³-hybridized carbons (Fsp3) is 0.200. The van der Waals surface area contributed by atoms with E-state index in [1.807, 2.05) is 0 Å². The van der Waals surface area contributed by atoms with Crippen molar-refractivity contribution in [3.8, 4) is 0 Å². The standard InChI is InChI=1S/C15H15ClFN3O/c1-9(10-5-3-4-6-12(10)17)19-15(21)14-11(16)7-8-13(18-2)20-14/h3-9H,1-2H3,(H,18,20)(H,19,21). The number of amides is 1. The second-order valence-corrected chi connectivity index (χ2v) is 4.90. The summed E-state index contributed by atoms with van der Waals surface area (Å²) < 4.78 is 13.7. The summed E-state index contributed by atoms with van der Waals surface area (Å²) in [7, 11) is 1.69. The van der Waals surface area contributed by atoms with Crippen molar-refractivity contribution >= 4 is 23.3 Å². The Morgan fingerprint density at radius 1 is 1.29 bits per heavy atom. The van der Waals surface area contributed by atoms with E-state index >= 15 is 0 Å². The summed E-state index contributed by atoms with van der Waals surface area (Å²) in [5, 5.41) is 5.77. The molecule has 1 unspecified atom stereocenters. The molecule has 0 saturated carbocycles. The van der Waals surface area contributed by atoms with E-state index in [2.05, 4.69) is 15.6 Å². The average molecular weight is 308 g/mol. The monoisotopic (exact) mass is 307 g/mol. The van der Waals surface area contributed by atoms with Crippen LogP contribution in [0.25, 0.3) is 0 Å². The van der Waals surface area contributed by atoms with Gasteiger partial charge in [-0.25, -0.2) is 9.37 Å². The highest BCUT2D eigenvalue weighted by atomic mass is 35.5. The Morgan fingerprint density at radius 3 is 2.67 bits per heavy atom. The van der Waals surface area contributed by atoms with Gasteiger partial charge in [0, 0.05) is 12.6 Å². The molecule has 2 aromatic rings. The van der Waals surface area contributed by atoms with E-state index in [-0.39, 0.29) is 16.5 Å². The summed E-state index contributed by atoms with van der Waals surface area (Å²) in [5.41, 5.74) is 0.512. The molecular formula is C15H15ClFN3O. The van der Waals surface area contributed by atoms with Gasteiger partial charge in [-0.05, 0) is 25.1 Å². The molecule has 110 valence electrons. The number of hydrogen-bond acceptors (Lipinski definition) is 3. The summed E-state index contributed by atoms with van der Waals surface area (Å²) in [6, 6.07) is 9.05. The van der Waals surface area contributed by atoms with Crippen LogP contribution in [-0.4, -0.2) is 17.9 Å². The first kappa shape index (κ1) is 15.3. The number of pyridine rings is 1. The number of hydrogen-bond donors (Lipinski definition) is 2. The van der Waals surface area contributed by atoms with Gasteiger partial charge in [-0.1, -0.05) is 29.8 Å². The quantitative estimate of drug-likeness (QED) is 0.910. The van der Waals surface area contributed by atoms with E-state index < -0.39 is 11.9 Å². The molecule has 0 spiro atoms. The van der Waals surface area contributed by atoms with Crippen molar-refractivity contribution < 1.29 is 9.18 Å². The molecule has 6 heteroatoms. The number of nitrogens with zero attached hydrogens (tertiary/aromatic N) is 1. The maximum absolute atomic E-state index is 13.7. The number of benzene rings is 1. The summed E-state index contributed by atoms with van der Waals surface area (Å²) in [6.45, 7) is 1.70. The van der Waals surface area contributed by atoms with Crippen molar-refractivity contribution in [2.24, 2.45) is 0 Å². The Labute approximate surface area is 127 Å². The number of rotatable bonds is 4. The topological polar surface area (TPSA) is 54.0 Å². The van der Waals surface area contributed by atoms with Crippen LogP contribution in [0.5, 0.6) is 0 Å². The number of halogens is 2. The zero-order valence-corrected chi connectivity index (χ0v) is 12.4. The second-order valence-electron chi connectivity index (χ2n) is 4.49. The maximum atomic E-state index is 13.7. The van der Waals surface area contributed by atoms with Gasteiger partial charge in [0.15, 0.2) is 0 Å². The normalized spacial score (nSPS) is 11.8. The lowest BCUT2D eigenvalue weighted by Crippen LogP contribution is -2.28. The molecule has 1 aromatic heterocycles. The van der Waals surface area contributed by atoms with Crippen LogP contribution >= 0.6 is 11.6 Å². The zero-order chi connectivity index (χ0) is 15.4. The molecule has 21 heavy (non-hydrogen) atoms. The van der Waals surface area contributed by atoms with E-state index in [0.29, 0.717) is 11.4 Å². The van der Waals surface area contributed by atoms with Crippen molar-refractivity contribution in [2.75, 3.05) is 12.4 Å². The first-order chi connectivity index (χ1) is 10.0. The molecule has 4 nitrogen and oxygen atoms in total. The second kappa shape index (κ2) is 6.54. The fourth-order valence-corrected chi connectivity index (χ4v) is 2.10. The first-order valence-electron chi connectivity index (χ1n) is 6.42. The lowest BCUT2D eigenvalue weighted by molar-refractivity contribution is 0.0934. The SMILES string of the molecule is CNc1ccc(Cl)c(C(=O)NC(C)c2ccccc2F)n1. The molecule has 0 aliphatic rings. The summed E-state index contributed by atoms with van der Waals surface area (Å²) >= 11 is 5.98. The van der Waals surface area contributed by atoms with Crippen LogP contribution in [0.2, 0.25) is 5.02 Å². The van der Waals surface area contributed by atoms with Gasteiger partial charge >= 0.3 is 0 Å². The minimum absolute atomic E-state index is 0.103. The third kappa shape index (κ3) is 3.49. The minimum atomic E-state index is -0.491. The Morgan fingerprint density at radius 2 is 2.00 bits per heavy atom. The fourth-order valence-electron chi connectivity index (χ4n) is 1.91. The molecule has 1 atom stereocenters. The molecule has 2 rings (SSSR count). The van der Waals surface area contributed by atoms with Crippen molar-refractivity contribution in [3.63, 3.8) is 0 Å². The van der Waals surface area contributed by atoms with Crippen LogP contribution < -0.4 is 10.6 Å². The van der Waals surface area contributed by atoms with Crippen LogP contribution in [0, 0.1) is 5.82 Å². The predicted molar refractivity (Wildman–Crippen MR) is 81.1 cm³/mol. The van der Waals surface area contributed by atoms with Gasteiger partial charge in [-0.2, -0.15) is 0 Å². The summed E-state index contributed by atoms with van der Waals surface area (Å²) in [4.78, 5) is 16.3. The maximum Gasteiger partial charge on any atom is 0.271 e. The minimum Gasteiger partial charge on any atom is -0.373 e.